The van der Waals surface area contributed by atoms with E-state index >= 15 is 0 Å². The lowest BCUT2D eigenvalue weighted by molar-refractivity contribution is -0.385. The smallest absolute Gasteiger partial charge is 0.273 e. The Kier molecular flexibility index (Phi) is 7.52. The number of hydrogen-bond donors (Lipinski definition) is 1. The van der Waals surface area contributed by atoms with Crippen molar-refractivity contribution in [3.05, 3.63) is 74.8 Å². The van der Waals surface area contributed by atoms with Gasteiger partial charge in [-0.1, -0.05) is 48.0 Å². The molecule has 7 nitrogen and oxygen atoms in total. The number of benzene rings is 2. The number of amides is 2. The fourth-order valence-corrected chi connectivity index (χ4v) is 3.01. The van der Waals surface area contributed by atoms with Gasteiger partial charge in [0.1, 0.15) is 6.04 Å². The number of carbonyl (C=O) groups excluding carboxylic acids is 2. The van der Waals surface area contributed by atoms with Crippen molar-refractivity contribution in [2.24, 2.45) is 0 Å². The zero-order valence-electron chi connectivity index (χ0n) is 15.7. The predicted molar refractivity (Wildman–Crippen MR) is 107 cm³/mol. The van der Waals surface area contributed by atoms with E-state index in [0.29, 0.717) is 22.7 Å². The standard InChI is InChI=1S/C20H22ClN3O4/c1-3-22-20(26)14(2)23(13-16-9-4-6-10-17(16)21)19(25)12-15-8-5-7-11-18(15)24(27)28/h4-11,14H,3,12-13H2,1-2H3,(H,22,26). The summed E-state index contributed by atoms with van der Waals surface area (Å²) in [5.41, 5.74) is 0.861. The highest BCUT2D eigenvalue weighted by Gasteiger charge is 2.28. The zero-order valence-corrected chi connectivity index (χ0v) is 16.5. The van der Waals surface area contributed by atoms with E-state index in [2.05, 4.69) is 5.32 Å². The number of nitro groups is 1. The van der Waals surface area contributed by atoms with E-state index in [1.165, 1.54) is 11.0 Å². The van der Waals surface area contributed by atoms with Gasteiger partial charge in [-0.25, -0.2) is 0 Å². The Morgan fingerprint density at radius 1 is 1.14 bits per heavy atom. The van der Waals surface area contributed by atoms with Gasteiger partial charge in [-0.3, -0.25) is 19.7 Å². The molecule has 148 valence electrons. The largest absolute Gasteiger partial charge is 0.355 e. The average Bonchev–Trinajstić information content (AvgIpc) is 2.67. The maximum absolute atomic E-state index is 13.0. The SMILES string of the molecule is CCNC(=O)C(C)N(Cc1ccccc1Cl)C(=O)Cc1ccccc1[N+](=O)[O-]. The minimum Gasteiger partial charge on any atom is -0.355 e. The maximum atomic E-state index is 13.0. The zero-order chi connectivity index (χ0) is 20.7. The molecule has 0 saturated carbocycles. The van der Waals surface area contributed by atoms with E-state index in [0.717, 1.165) is 0 Å². The summed E-state index contributed by atoms with van der Waals surface area (Å²) in [6.45, 7) is 3.97. The summed E-state index contributed by atoms with van der Waals surface area (Å²) in [5, 5.41) is 14.4. The van der Waals surface area contributed by atoms with Gasteiger partial charge in [0, 0.05) is 29.7 Å². The Morgan fingerprint density at radius 3 is 2.36 bits per heavy atom. The Labute approximate surface area is 168 Å². The summed E-state index contributed by atoms with van der Waals surface area (Å²) < 4.78 is 0. The molecule has 0 aliphatic carbocycles. The molecule has 0 radical (unpaired) electrons. The van der Waals surface area contributed by atoms with Gasteiger partial charge in [0.25, 0.3) is 5.69 Å². The lowest BCUT2D eigenvalue weighted by Gasteiger charge is -2.29. The van der Waals surface area contributed by atoms with Crippen molar-refractivity contribution in [1.29, 1.82) is 0 Å². The lowest BCUT2D eigenvalue weighted by Crippen LogP contribution is -2.48. The molecule has 0 aromatic heterocycles. The van der Waals surface area contributed by atoms with Gasteiger partial charge in [-0.2, -0.15) is 0 Å². The van der Waals surface area contributed by atoms with Crippen molar-refractivity contribution in [3.63, 3.8) is 0 Å². The monoisotopic (exact) mass is 403 g/mol. The summed E-state index contributed by atoms with van der Waals surface area (Å²) >= 11 is 6.22. The van der Waals surface area contributed by atoms with Crippen molar-refractivity contribution in [3.8, 4) is 0 Å². The Morgan fingerprint density at radius 2 is 1.75 bits per heavy atom. The third kappa shape index (κ3) is 5.29. The summed E-state index contributed by atoms with van der Waals surface area (Å²) in [6, 6.07) is 12.4. The second-order valence-corrected chi connectivity index (χ2v) is 6.65. The Hall–Kier alpha value is -2.93. The van der Waals surface area contributed by atoms with E-state index < -0.39 is 16.9 Å². The first-order valence-electron chi connectivity index (χ1n) is 8.88. The molecule has 0 spiro atoms. The topological polar surface area (TPSA) is 92.6 Å². The van der Waals surface area contributed by atoms with Crippen molar-refractivity contribution in [1.82, 2.24) is 10.2 Å². The first-order valence-corrected chi connectivity index (χ1v) is 9.25. The molecule has 2 aromatic rings. The van der Waals surface area contributed by atoms with E-state index in [1.54, 1.807) is 56.3 Å². The van der Waals surface area contributed by atoms with Crippen LogP contribution < -0.4 is 5.32 Å². The van der Waals surface area contributed by atoms with Crippen LogP contribution >= 0.6 is 11.6 Å². The molecular formula is C20H22ClN3O4. The number of nitrogens with zero attached hydrogens (tertiary/aromatic N) is 2. The van der Waals surface area contributed by atoms with E-state index in [9.17, 15) is 19.7 Å². The van der Waals surface area contributed by atoms with Crippen LogP contribution in [0.1, 0.15) is 25.0 Å². The van der Waals surface area contributed by atoms with Crippen LogP contribution in [0.5, 0.6) is 0 Å². The molecule has 8 heteroatoms. The third-order valence-corrected chi connectivity index (χ3v) is 4.72. The van der Waals surface area contributed by atoms with Crippen LogP contribution in [0.2, 0.25) is 5.02 Å². The van der Waals surface area contributed by atoms with Gasteiger partial charge in [-0.15, -0.1) is 0 Å². The number of rotatable bonds is 8. The molecule has 1 unspecified atom stereocenters. The lowest BCUT2D eigenvalue weighted by atomic mass is 10.1. The quantitative estimate of drug-likeness (QED) is 0.540. The Balaban J connectivity index is 2.32. The highest BCUT2D eigenvalue weighted by molar-refractivity contribution is 6.31. The van der Waals surface area contributed by atoms with Gasteiger partial charge in [0.05, 0.1) is 11.3 Å². The molecule has 0 saturated heterocycles. The fourth-order valence-electron chi connectivity index (χ4n) is 2.82. The first-order chi connectivity index (χ1) is 13.3. The number of likely N-dealkylation sites (N-methyl/N-ethyl adjacent to an activating group) is 1. The minimum absolute atomic E-state index is 0.122. The summed E-state index contributed by atoms with van der Waals surface area (Å²) in [6.07, 6.45) is -0.189. The average molecular weight is 404 g/mol. The van der Waals surface area contributed by atoms with E-state index in [-0.39, 0.29) is 24.6 Å². The van der Waals surface area contributed by atoms with E-state index in [1.807, 2.05) is 0 Å². The number of nitro benzene ring substituents is 1. The van der Waals surface area contributed by atoms with Gasteiger partial charge >= 0.3 is 0 Å². The number of nitrogens with one attached hydrogen (secondary N) is 1. The molecule has 0 fully saturated rings. The molecule has 0 aliphatic heterocycles. The van der Waals surface area contributed by atoms with Crippen LogP contribution in [0.4, 0.5) is 5.69 Å². The minimum atomic E-state index is -0.758. The second-order valence-electron chi connectivity index (χ2n) is 6.25. The number of carbonyl (C=O) groups is 2. The van der Waals surface area contributed by atoms with Crippen LogP contribution in [-0.4, -0.2) is 34.2 Å². The van der Waals surface area contributed by atoms with Crippen LogP contribution in [0.3, 0.4) is 0 Å². The highest BCUT2D eigenvalue weighted by atomic mass is 35.5. The van der Waals surface area contributed by atoms with Crippen LogP contribution in [0.15, 0.2) is 48.5 Å². The number of para-hydroxylation sites is 1. The molecule has 1 atom stereocenters. The number of hydrogen-bond acceptors (Lipinski definition) is 4. The van der Waals surface area contributed by atoms with Crippen molar-refractivity contribution in [2.45, 2.75) is 32.9 Å². The summed E-state index contributed by atoms with van der Waals surface area (Å²) in [5.74, 6) is -0.696. The first kappa shape index (κ1) is 21.4. The summed E-state index contributed by atoms with van der Waals surface area (Å²) in [4.78, 5) is 37.5. The second kappa shape index (κ2) is 9.85. The van der Waals surface area contributed by atoms with Gasteiger partial charge in [-0.05, 0) is 25.5 Å². The molecule has 1 N–H and O–H groups in total. The molecule has 0 bridgehead atoms. The van der Waals surface area contributed by atoms with E-state index in [4.69, 9.17) is 11.6 Å². The third-order valence-electron chi connectivity index (χ3n) is 4.35. The number of halogens is 1. The van der Waals surface area contributed by atoms with Gasteiger partial charge < -0.3 is 10.2 Å². The normalized spacial score (nSPS) is 11.5. The molecule has 2 rings (SSSR count). The molecule has 28 heavy (non-hydrogen) atoms. The molecule has 2 aromatic carbocycles. The highest BCUT2D eigenvalue weighted by Crippen LogP contribution is 2.22. The van der Waals surface area contributed by atoms with Crippen LogP contribution in [0, 0.1) is 10.1 Å². The molecule has 0 heterocycles. The van der Waals surface area contributed by atoms with Crippen molar-refractivity contribution in [2.75, 3.05) is 6.54 Å². The van der Waals surface area contributed by atoms with Crippen LogP contribution in [-0.2, 0) is 22.6 Å². The van der Waals surface area contributed by atoms with Gasteiger partial charge in [0.2, 0.25) is 11.8 Å². The fraction of sp³-hybridized carbons (Fsp3) is 0.300. The molecule has 0 aliphatic rings. The van der Waals surface area contributed by atoms with Crippen molar-refractivity contribution >= 4 is 29.1 Å². The van der Waals surface area contributed by atoms with Gasteiger partial charge in [0.15, 0.2) is 0 Å². The van der Waals surface area contributed by atoms with Crippen LogP contribution in [0.25, 0.3) is 0 Å². The molecule has 2 amide bonds. The van der Waals surface area contributed by atoms with Crippen molar-refractivity contribution < 1.29 is 14.5 Å². The Bertz CT molecular complexity index is 872. The maximum Gasteiger partial charge on any atom is 0.273 e. The molecular weight excluding hydrogens is 382 g/mol. The predicted octanol–water partition coefficient (Wildman–Crippen LogP) is 3.34. The summed E-state index contributed by atoms with van der Waals surface area (Å²) in [7, 11) is 0.